The zero-order valence-electron chi connectivity index (χ0n) is 18.3. The van der Waals surface area contributed by atoms with Crippen molar-refractivity contribution < 1.29 is 18.0 Å². The summed E-state index contributed by atoms with van der Waals surface area (Å²) in [6, 6.07) is 10.3. The maximum Gasteiger partial charge on any atom is 0.225 e. The highest BCUT2D eigenvalue weighted by Gasteiger charge is 2.28. The molecular weight excluding hydrogens is 416 g/mol. The van der Waals surface area contributed by atoms with Crippen molar-refractivity contribution in [2.45, 2.75) is 32.2 Å². The molecule has 2 fully saturated rings. The lowest BCUT2D eigenvalue weighted by Crippen LogP contribution is -2.50. The smallest absolute Gasteiger partial charge is 0.225 e. The van der Waals surface area contributed by atoms with Gasteiger partial charge >= 0.3 is 0 Å². The number of benzene rings is 1. The van der Waals surface area contributed by atoms with Crippen molar-refractivity contribution in [3.05, 3.63) is 35.9 Å². The molecule has 2 saturated heterocycles. The first-order valence-corrected chi connectivity index (χ1v) is 12.9. The van der Waals surface area contributed by atoms with Gasteiger partial charge in [-0.2, -0.15) is 0 Å². The molecule has 31 heavy (non-hydrogen) atoms. The van der Waals surface area contributed by atoms with E-state index in [1.54, 1.807) is 0 Å². The zero-order valence-corrected chi connectivity index (χ0v) is 19.1. The molecule has 9 heteroatoms. The number of carbonyl (C=O) groups excluding carboxylic acids is 2. The van der Waals surface area contributed by atoms with Gasteiger partial charge in [-0.25, -0.2) is 12.7 Å². The Balaban J connectivity index is 1.55. The molecule has 1 atom stereocenters. The Hall–Kier alpha value is -1.97. The number of rotatable bonds is 4. The van der Waals surface area contributed by atoms with E-state index in [9.17, 15) is 18.0 Å². The van der Waals surface area contributed by atoms with Gasteiger partial charge < -0.3 is 10.2 Å². The first-order chi connectivity index (χ1) is 14.8. The number of sulfonamides is 1. The number of nitrogens with one attached hydrogen (secondary N) is 1. The quantitative estimate of drug-likeness (QED) is 0.736. The molecule has 0 radical (unpaired) electrons. The third kappa shape index (κ3) is 7.29. The molecule has 8 nitrogen and oxygen atoms in total. The monoisotopic (exact) mass is 450 g/mol. The van der Waals surface area contributed by atoms with Crippen molar-refractivity contribution in [3.63, 3.8) is 0 Å². The van der Waals surface area contributed by atoms with E-state index in [-0.39, 0.29) is 30.7 Å². The summed E-state index contributed by atoms with van der Waals surface area (Å²) in [5, 5.41) is 2.83. The SMILES string of the molecule is CS(=O)(=O)N1CCCC(C(=O)N2CCN(Cc3ccccc3)CC2)CCNC(=O)CC1. The van der Waals surface area contributed by atoms with Gasteiger partial charge in [0.2, 0.25) is 21.8 Å². The number of hydrogen-bond acceptors (Lipinski definition) is 5. The second-order valence-electron chi connectivity index (χ2n) is 8.48. The van der Waals surface area contributed by atoms with Gasteiger partial charge in [-0.3, -0.25) is 14.5 Å². The molecular formula is C22H34N4O4S. The second kappa shape index (κ2) is 11.1. The molecule has 1 N–H and O–H groups in total. The summed E-state index contributed by atoms with van der Waals surface area (Å²) in [6.07, 6.45) is 3.15. The normalized spacial score (nSPS) is 23.1. The van der Waals surface area contributed by atoms with Crippen molar-refractivity contribution in [3.8, 4) is 0 Å². The Kier molecular flexibility index (Phi) is 8.45. The first kappa shape index (κ1) is 23.7. The lowest BCUT2D eigenvalue weighted by Gasteiger charge is -2.36. The Morgan fingerprint density at radius 3 is 2.42 bits per heavy atom. The highest BCUT2D eigenvalue weighted by atomic mass is 32.2. The van der Waals surface area contributed by atoms with E-state index in [1.165, 1.54) is 16.1 Å². The van der Waals surface area contributed by atoms with Gasteiger partial charge in [-0.05, 0) is 24.8 Å². The van der Waals surface area contributed by atoms with Crippen LogP contribution in [0.1, 0.15) is 31.2 Å². The minimum atomic E-state index is -3.37. The summed E-state index contributed by atoms with van der Waals surface area (Å²) < 4.78 is 25.3. The van der Waals surface area contributed by atoms with Crippen LogP contribution in [0.4, 0.5) is 0 Å². The third-order valence-electron chi connectivity index (χ3n) is 6.11. The molecule has 0 aromatic heterocycles. The van der Waals surface area contributed by atoms with Crippen LogP contribution in [0.15, 0.2) is 30.3 Å². The van der Waals surface area contributed by atoms with Crippen molar-refractivity contribution in [2.75, 3.05) is 52.1 Å². The van der Waals surface area contributed by atoms with E-state index >= 15 is 0 Å². The summed E-state index contributed by atoms with van der Waals surface area (Å²) in [6.45, 7) is 4.95. The van der Waals surface area contributed by atoms with E-state index in [1.807, 2.05) is 23.1 Å². The van der Waals surface area contributed by atoms with E-state index in [2.05, 4.69) is 22.3 Å². The van der Waals surface area contributed by atoms with Crippen LogP contribution in [0.2, 0.25) is 0 Å². The third-order valence-corrected chi connectivity index (χ3v) is 7.42. The predicted molar refractivity (Wildman–Crippen MR) is 120 cm³/mol. The predicted octanol–water partition coefficient (Wildman–Crippen LogP) is 0.899. The highest BCUT2D eigenvalue weighted by molar-refractivity contribution is 7.88. The molecule has 1 unspecified atom stereocenters. The Morgan fingerprint density at radius 1 is 1.03 bits per heavy atom. The molecule has 1 aromatic rings. The number of hydrogen-bond donors (Lipinski definition) is 1. The Morgan fingerprint density at radius 2 is 1.74 bits per heavy atom. The van der Waals surface area contributed by atoms with Gasteiger partial charge in [0.1, 0.15) is 0 Å². The summed E-state index contributed by atoms with van der Waals surface area (Å²) >= 11 is 0. The molecule has 0 aliphatic carbocycles. The van der Waals surface area contributed by atoms with Crippen molar-refractivity contribution in [2.24, 2.45) is 5.92 Å². The lowest BCUT2D eigenvalue weighted by molar-refractivity contribution is -0.138. The molecule has 1 aromatic carbocycles. The molecule has 2 amide bonds. The zero-order chi connectivity index (χ0) is 22.3. The average molecular weight is 451 g/mol. The van der Waals surface area contributed by atoms with Gasteiger partial charge in [0, 0.05) is 64.7 Å². The van der Waals surface area contributed by atoms with Gasteiger partial charge in [0.25, 0.3) is 0 Å². The van der Waals surface area contributed by atoms with Gasteiger partial charge in [0.05, 0.1) is 6.26 Å². The largest absolute Gasteiger partial charge is 0.356 e. The number of carbonyl (C=O) groups is 2. The molecule has 0 saturated carbocycles. The van der Waals surface area contributed by atoms with E-state index in [4.69, 9.17) is 0 Å². The van der Waals surface area contributed by atoms with E-state index in [0.29, 0.717) is 45.4 Å². The standard InChI is InChI=1S/C22H34N4O4S/c1-31(29,30)26-12-5-8-20(9-11-23-21(27)10-13-26)22(28)25-16-14-24(15-17-25)18-19-6-3-2-4-7-19/h2-4,6-7,20H,5,8-18H2,1H3,(H,23,27). The average Bonchev–Trinajstić information content (AvgIpc) is 2.78. The molecule has 2 aliphatic heterocycles. The fourth-order valence-electron chi connectivity index (χ4n) is 4.28. The molecule has 2 aliphatic rings. The van der Waals surface area contributed by atoms with Crippen LogP contribution < -0.4 is 5.32 Å². The van der Waals surface area contributed by atoms with Gasteiger partial charge in [-0.15, -0.1) is 0 Å². The summed E-state index contributed by atoms with van der Waals surface area (Å²) in [5.74, 6) is -0.240. The van der Waals surface area contributed by atoms with Crippen LogP contribution in [-0.4, -0.2) is 86.4 Å². The molecule has 0 bridgehead atoms. The Labute approximate surface area is 185 Å². The minimum Gasteiger partial charge on any atom is -0.356 e. The van der Waals surface area contributed by atoms with Crippen LogP contribution in [0.3, 0.4) is 0 Å². The van der Waals surface area contributed by atoms with Crippen LogP contribution in [0.25, 0.3) is 0 Å². The topological polar surface area (TPSA) is 90.0 Å². The van der Waals surface area contributed by atoms with Crippen molar-refractivity contribution in [1.82, 2.24) is 19.4 Å². The number of piperazine rings is 1. The lowest BCUT2D eigenvalue weighted by atomic mass is 9.97. The second-order valence-corrected chi connectivity index (χ2v) is 10.5. The van der Waals surface area contributed by atoms with Gasteiger partial charge in [0.15, 0.2) is 0 Å². The maximum absolute atomic E-state index is 13.2. The minimum absolute atomic E-state index is 0.124. The molecule has 2 heterocycles. The molecule has 172 valence electrons. The molecule has 0 spiro atoms. The van der Waals surface area contributed by atoms with E-state index < -0.39 is 10.0 Å². The van der Waals surface area contributed by atoms with Crippen molar-refractivity contribution >= 4 is 21.8 Å². The van der Waals surface area contributed by atoms with Crippen LogP contribution in [-0.2, 0) is 26.2 Å². The fraction of sp³-hybridized carbons (Fsp3) is 0.636. The van der Waals surface area contributed by atoms with Crippen LogP contribution >= 0.6 is 0 Å². The summed E-state index contributed by atoms with van der Waals surface area (Å²) in [4.78, 5) is 29.5. The summed E-state index contributed by atoms with van der Waals surface area (Å²) in [7, 11) is -3.37. The first-order valence-electron chi connectivity index (χ1n) is 11.1. The van der Waals surface area contributed by atoms with Crippen molar-refractivity contribution in [1.29, 1.82) is 0 Å². The van der Waals surface area contributed by atoms with Crippen LogP contribution in [0.5, 0.6) is 0 Å². The maximum atomic E-state index is 13.2. The van der Waals surface area contributed by atoms with Crippen LogP contribution in [0, 0.1) is 5.92 Å². The van der Waals surface area contributed by atoms with Gasteiger partial charge in [-0.1, -0.05) is 30.3 Å². The number of amides is 2. The highest BCUT2D eigenvalue weighted by Crippen LogP contribution is 2.19. The Bertz CT molecular complexity index is 838. The number of nitrogens with zero attached hydrogens (tertiary/aromatic N) is 3. The van der Waals surface area contributed by atoms with E-state index in [0.717, 1.165) is 19.6 Å². The fourth-order valence-corrected chi connectivity index (χ4v) is 5.16. The molecule has 3 rings (SSSR count). The summed E-state index contributed by atoms with van der Waals surface area (Å²) in [5.41, 5.74) is 1.27.